The molecule has 0 radical (unpaired) electrons. The van der Waals surface area contributed by atoms with E-state index >= 15 is 0 Å². The van der Waals surface area contributed by atoms with E-state index in [4.69, 9.17) is 0 Å². The van der Waals surface area contributed by atoms with Crippen molar-refractivity contribution in [2.75, 3.05) is 25.4 Å². The Balaban J connectivity index is 2.89. The fourth-order valence-corrected chi connectivity index (χ4v) is 1.21. The third-order valence-corrected chi connectivity index (χ3v) is 2.13. The van der Waals surface area contributed by atoms with Crippen LogP contribution in [0.5, 0.6) is 0 Å². The second-order valence-electron chi connectivity index (χ2n) is 3.27. The number of rotatable bonds is 2. The zero-order valence-electron chi connectivity index (χ0n) is 8.56. The van der Waals surface area contributed by atoms with Gasteiger partial charge in [0.25, 0.3) is 5.91 Å². The molecular formula is C10H14N2OS. The van der Waals surface area contributed by atoms with Crippen LogP contribution in [0.25, 0.3) is 0 Å². The summed E-state index contributed by atoms with van der Waals surface area (Å²) in [6.07, 6.45) is 0. The third-order valence-electron chi connectivity index (χ3n) is 1.89. The molecule has 14 heavy (non-hydrogen) atoms. The summed E-state index contributed by atoms with van der Waals surface area (Å²) in [6.45, 7) is 0. The number of carbonyl (C=O) groups is 1. The van der Waals surface area contributed by atoms with Crippen molar-refractivity contribution in [2.45, 2.75) is 0 Å². The van der Waals surface area contributed by atoms with Crippen LogP contribution in [-0.4, -0.2) is 32.0 Å². The highest BCUT2D eigenvalue weighted by atomic mass is 32.1. The second kappa shape index (κ2) is 4.37. The average Bonchev–Trinajstić information content (AvgIpc) is 2.16. The minimum atomic E-state index is 0.0124. The number of thiol groups is 1. The smallest absolute Gasteiger partial charge is 0.253 e. The highest BCUT2D eigenvalue weighted by Crippen LogP contribution is 2.15. The lowest BCUT2D eigenvalue weighted by Gasteiger charge is -2.13. The van der Waals surface area contributed by atoms with Crippen LogP contribution in [0.2, 0.25) is 0 Å². The Morgan fingerprint density at radius 2 is 1.64 bits per heavy atom. The molecule has 0 aromatic heterocycles. The van der Waals surface area contributed by atoms with E-state index in [-0.39, 0.29) is 5.91 Å². The maximum absolute atomic E-state index is 11.5. The van der Waals surface area contributed by atoms with Crippen LogP contribution in [0.3, 0.4) is 0 Å². The molecule has 0 aliphatic heterocycles. The number of anilines is 1. The first-order chi connectivity index (χ1) is 6.52. The molecule has 4 heteroatoms. The third kappa shape index (κ3) is 2.42. The number of amides is 1. The SMILES string of the molecule is CN(C)C(=O)c1ccc(N(C)S)cc1. The average molecular weight is 210 g/mol. The topological polar surface area (TPSA) is 23.6 Å². The summed E-state index contributed by atoms with van der Waals surface area (Å²) < 4.78 is 1.70. The molecule has 0 fully saturated rings. The molecule has 0 N–H and O–H groups in total. The van der Waals surface area contributed by atoms with E-state index in [1.807, 2.05) is 19.2 Å². The number of hydrogen-bond donors (Lipinski definition) is 1. The van der Waals surface area contributed by atoms with Crippen LogP contribution in [0.15, 0.2) is 24.3 Å². The number of benzene rings is 1. The van der Waals surface area contributed by atoms with Gasteiger partial charge in [0.1, 0.15) is 0 Å². The van der Waals surface area contributed by atoms with Crippen LogP contribution in [0.4, 0.5) is 5.69 Å². The standard InChI is InChI=1S/C10H14N2OS/c1-11(2)10(13)8-4-6-9(7-5-8)12(3)14/h4-7,14H,1-3H3. The Bertz CT molecular complexity index is 319. The zero-order chi connectivity index (χ0) is 10.7. The first-order valence-electron chi connectivity index (χ1n) is 4.26. The van der Waals surface area contributed by atoms with Gasteiger partial charge in [-0.3, -0.25) is 4.79 Å². The molecule has 0 saturated heterocycles. The van der Waals surface area contributed by atoms with Gasteiger partial charge in [-0.1, -0.05) is 12.8 Å². The van der Waals surface area contributed by atoms with E-state index < -0.39 is 0 Å². The molecule has 0 spiro atoms. The highest BCUT2D eigenvalue weighted by molar-refractivity contribution is 7.81. The molecule has 0 bridgehead atoms. The predicted molar refractivity (Wildman–Crippen MR) is 61.8 cm³/mol. The Labute approximate surface area is 89.9 Å². The summed E-state index contributed by atoms with van der Waals surface area (Å²) in [4.78, 5) is 13.1. The van der Waals surface area contributed by atoms with Gasteiger partial charge >= 0.3 is 0 Å². The van der Waals surface area contributed by atoms with Crippen LogP contribution in [-0.2, 0) is 0 Å². The maximum atomic E-state index is 11.5. The minimum Gasteiger partial charge on any atom is -0.345 e. The lowest BCUT2D eigenvalue weighted by molar-refractivity contribution is 0.0827. The molecule has 0 saturated carbocycles. The van der Waals surface area contributed by atoms with Crippen molar-refractivity contribution in [2.24, 2.45) is 0 Å². The Hall–Kier alpha value is -1.16. The van der Waals surface area contributed by atoms with Crippen molar-refractivity contribution in [3.8, 4) is 0 Å². The summed E-state index contributed by atoms with van der Waals surface area (Å²) in [5.74, 6) is 0.0124. The summed E-state index contributed by atoms with van der Waals surface area (Å²) in [5, 5.41) is 0. The van der Waals surface area contributed by atoms with Gasteiger partial charge in [0, 0.05) is 32.4 Å². The normalized spacial score (nSPS) is 9.71. The predicted octanol–water partition coefficient (Wildman–Crippen LogP) is 1.67. The Morgan fingerprint density at radius 3 is 2.00 bits per heavy atom. The van der Waals surface area contributed by atoms with Crippen molar-refractivity contribution in [3.05, 3.63) is 29.8 Å². The Morgan fingerprint density at radius 1 is 1.14 bits per heavy atom. The molecule has 1 aromatic carbocycles. The van der Waals surface area contributed by atoms with Gasteiger partial charge < -0.3 is 9.21 Å². The summed E-state index contributed by atoms with van der Waals surface area (Å²) in [5.41, 5.74) is 1.65. The van der Waals surface area contributed by atoms with E-state index in [1.54, 1.807) is 35.4 Å². The van der Waals surface area contributed by atoms with Crippen molar-refractivity contribution >= 4 is 24.4 Å². The highest BCUT2D eigenvalue weighted by Gasteiger charge is 2.07. The van der Waals surface area contributed by atoms with E-state index in [9.17, 15) is 4.79 Å². The molecule has 1 aromatic rings. The lowest BCUT2D eigenvalue weighted by atomic mass is 10.2. The second-order valence-corrected chi connectivity index (χ2v) is 3.87. The zero-order valence-corrected chi connectivity index (χ0v) is 9.45. The molecule has 3 nitrogen and oxygen atoms in total. The van der Waals surface area contributed by atoms with Crippen LogP contribution >= 0.6 is 12.8 Å². The molecule has 76 valence electrons. The van der Waals surface area contributed by atoms with E-state index in [1.165, 1.54) is 0 Å². The first kappa shape index (κ1) is 10.9. The number of nitrogens with zero attached hydrogens (tertiary/aromatic N) is 2. The molecule has 1 rings (SSSR count). The molecule has 0 aliphatic carbocycles. The first-order valence-corrected chi connectivity index (χ1v) is 4.66. The van der Waals surface area contributed by atoms with Crippen molar-refractivity contribution < 1.29 is 4.79 Å². The van der Waals surface area contributed by atoms with Crippen molar-refractivity contribution in [3.63, 3.8) is 0 Å². The lowest BCUT2D eigenvalue weighted by Crippen LogP contribution is -2.21. The van der Waals surface area contributed by atoms with Crippen molar-refractivity contribution in [1.82, 2.24) is 4.90 Å². The van der Waals surface area contributed by atoms with Gasteiger partial charge in [-0.25, -0.2) is 0 Å². The monoisotopic (exact) mass is 210 g/mol. The van der Waals surface area contributed by atoms with Gasteiger partial charge in [-0.2, -0.15) is 0 Å². The van der Waals surface area contributed by atoms with Crippen molar-refractivity contribution in [1.29, 1.82) is 0 Å². The summed E-state index contributed by atoms with van der Waals surface area (Å²) in [6, 6.07) is 7.32. The van der Waals surface area contributed by atoms with Crippen LogP contribution in [0.1, 0.15) is 10.4 Å². The van der Waals surface area contributed by atoms with Gasteiger partial charge in [-0.15, -0.1) is 0 Å². The number of carbonyl (C=O) groups excluding carboxylic acids is 1. The largest absolute Gasteiger partial charge is 0.345 e. The molecule has 1 amide bonds. The fourth-order valence-electron chi connectivity index (χ4n) is 1.08. The fraction of sp³-hybridized carbons (Fsp3) is 0.300. The molecule has 0 unspecified atom stereocenters. The number of hydrogen-bond acceptors (Lipinski definition) is 3. The summed E-state index contributed by atoms with van der Waals surface area (Å²) in [7, 11) is 5.31. The molecule has 0 heterocycles. The van der Waals surface area contributed by atoms with E-state index in [0.29, 0.717) is 5.56 Å². The quantitative estimate of drug-likeness (QED) is 0.751. The molecule has 0 atom stereocenters. The Kier molecular flexibility index (Phi) is 3.41. The summed E-state index contributed by atoms with van der Waals surface area (Å²) >= 11 is 4.15. The van der Waals surface area contributed by atoms with Crippen LogP contribution < -0.4 is 4.31 Å². The van der Waals surface area contributed by atoms with Gasteiger partial charge in [0.05, 0.1) is 0 Å². The van der Waals surface area contributed by atoms with E-state index in [2.05, 4.69) is 12.8 Å². The van der Waals surface area contributed by atoms with Gasteiger partial charge in [0.2, 0.25) is 0 Å². The minimum absolute atomic E-state index is 0.0124. The van der Waals surface area contributed by atoms with Gasteiger partial charge in [-0.05, 0) is 24.3 Å². The molecular weight excluding hydrogens is 196 g/mol. The maximum Gasteiger partial charge on any atom is 0.253 e. The van der Waals surface area contributed by atoms with Crippen LogP contribution in [0, 0.1) is 0 Å². The van der Waals surface area contributed by atoms with Gasteiger partial charge in [0.15, 0.2) is 0 Å². The molecule has 0 aliphatic rings. The van der Waals surface area contributed by atoms with E-state index in [0.717, 1.165) is 5.69 Å².